The van der Waals surface area contributed by atoms with Crippen LogP contribution in [-0.4, -0.2) is 51.0 Å². The van der Waals surface area contributed by atoms with Gasteiger partial charge in [-0.25, -0.2) is 17.5 Å². The lowest BCUT2D eigenvalue weighted by Gasteiger charge is -2.18. The van der Waals surface area contributed by atoms with E-state index >= 15 is 0 Å². The lowest BCUT2D eigenvalue weighted by atomic mass is 10.2. The van der Waals surface area contributed by atoms with Crippen molar-refractivity contribution in [3.63, 3.8) is 0 Å². The SMILES string of the molecule is CNCCCN(C)S(=O)(=O)c1ccc(Cl)c(C(=O)O)c1Cl. The molecule has 0 saturated heterocycles. The summed E-state index contributed by atoms with van der Waals surface area (Å²) < 4.78 is 26.0. The van der Waals surface area contributed by atoms with Crippen LogP contribution in [0.3, 0.4) is 0 Å². The van der Waals surface area contributed by atoms with Crippen molar-refractivity contribution < 1.29 is 18.3 Å². The van der Waals surface area contributed by atoms with Crippen LogP contribution in [0.25, 0.3) is 0 Å². The second-order valence-corrected chi connectivity index (χ2v) is 7.12. The number of hydrogen-bond acceptors (Lipinski definition) is 4. The second-order valence-electron chi connectivity index (χ2n) is 4.32. The molecule has 0 heterocycles. The zero-order valence-corrected chi connectivity index (χ0v) is 13.9. The fraction of sp³-hybridized carbons (Fsp3) is 0.417. The number of carbonyl (C=O) groups is 1. The van der Waals surface area contributed by atoms with Crippen LogP contribution in [0.1, 0.15) is 16.8 Å². The number of sulfonamides is 1. The average molecular weight is 355 g/mol. The molecular formula is C12H16Cl2N2O4S. The van der Waals surface area contributed by atoms with Crippen molar-refractivity contribution in [3.8, 4) is 0 Å². The van der Waals surface area contributed by atoms with Crippen LogP contribution in [0.2, 0.25) is 10.0 Å². The van der Waals surface area contributed by atoms with Crippen molar-refractivity contribution in [3.05, 3.63) is 27.7 Å². The molecule has 0 aromatic heterocycles. The van der Waals surface area contributed by atoms with Crippen LogP contribution in [0.4, 0.5) is 0 Å². The highest BCUT2D eigenvalue weighted by Gasteiger charge is 2.27. The van der Waals surface area contributed by atoms with Gasteiger partial charge < -0.3 is 10.4 Å². The monoisotopic (exact) mass is 354 g/mol. The Balaban J connectivity index is 3.20. The van der Waals surface area contributed by atoms with Gasteiger partial charge in [-0.05, 0) is 32.1 Å². The quantitative estimate of drug-likeness (QED) is 0.730. The fourth-order valence-corrected chi connectivity index (χ4v) is 3.79. The van der Waals surface area contributed by atoms with Gasteiger partial charge in [0.15, 0.2) is 0 Å². The molecule has 2 N–H and O–H groups in total. The average Bonchev–Trinajstić information content (AvgIpc) is 2.38. The molecule has 1 aromatic carbocycles. The minimum absolute atomic E-state index is 0.107. The molecule has 0 unspecified atom stereocenters. The molecule has 0 amide bonds. The molecule has 0 spiro atoms. The Morgan fingerprint density at radius 1 is 1.38 bits per heavy atom. The molecule has 0 aliphatic carbocycles. The maximum atomic E-state index is 12.4. The largest absolute Gasteiger partial charge is 0.478 e. The van der Waals surface area contributed by atoms with Gasteiger partial charge in [0.25, 0.3) is 0 Å². The van der Waals surface area contributed by atoms with E-state index in [9.17, 15) is 13.2 Å². The molecule has 0 radical (unpaired) electrons. The van der Waals surface area contributed by atoms with Gasteiger partial charge in [0.05, 0.1) is 15.6 Å². The highest BCUT2D eigenvalue weighted by Crippen LogP contribution is 2.32. The molecule has 0 fully saturated rings. The van der Waals surface area contributed by atoms with E-state index in [1.54, 1.807) is 7.05 Å². The van der Waals surface area contributed by atoms with E-state index in [-0.39, 0.29) is 21.5 Å². The first-order valence-electron chi connectivity index (χ1n) is 6.05. The predicted molar refractivity (Wildman–Crippen MR) is 81.8 cm³/mol. The van der Waals surface area contributed by atoms with Crippen LogP contribution in [0.15, 0.2) is 17.0 Å². The predicted octanol–water partition coefficient (Wildman–Crippen LogP) is 1.92. The van der Waals surface area contributed by atoms with Crippen molar-refractivity contribution in [1.29, 1.82) is 0 Å². The smallest absolute Gasteiger partial charge is 0.338 e. The summed E-state index contributed by atoms with van der Waals surface area (Å²) in [4.78, 5) is 10.9. The van der Waals surface area contributed by atoms with Gasteiger partial charge in [-0.1, -0.05) is 23.2 Å². The zero-order valence-electron chi connectivity index (χ0n) is 11.6. The number of hydrogen-bond donors (Lipinski definition) is 2. The second kappa shape index (κ2) is 7.42. The minimum atomic E-state index is -3.87. The molecule has 1 rings (SSSR count). The molecule has 0 atom stereocenters. The maximum absolute atomic E-state index is 12.4. The Labute approximate surface area is 133 Å². The van der Waals surface area contributed by atoms with E-state index in [1.165, 1.54) is 19.2 Å². The number of nitrogens with one attached hydrogen (secondary N) is 1. The van der Waals surface area contributed by atoms with Crippen LogP contribution < -0.4 is 5.32 Å². The molecule has 9 heteroatoms. The van der Waals surface area contributed by atoms with Crippen molar-refractivity contribution in [2.24, 2.45) is 0 Å². The standard InChI is InChI=1S/C12H16Cl2N2O4S/c1-15-6-3-7-16(2)21(19,20)9-5-4-8(13)10(11(9)14)12(17)18/h4-5,15H,3,6-7H2,1-2H3,(H,17,18). The highest BCUT2D eigenvalue weighted by atomic mass is 35.5. The third kappa shape index (κ3) is 4.08. The minimum Gasteiger partial charge on any atom is -0.478 e. The normalized spacial score (nSPS) is 11.9. The summed E-state index contributed by atoms with van der Waals surface area (Å²) in [5, 5.41) is 11.5. The van der Waals surface area contributed by atoms with Crippen molar-refractivity contribution in [2.75, 3.05) is 27.2 Å². The number of halogens is 2. The van der Waals surface area contributed by atoms with Gasteiger partial charge in [-0.2, -0.15) is 0 Å². The number of nitrogens with zero attached hydrogens (tertiary/aromatic N) is 1. The maximum Gasteiger partial charge on any atom is 0.338 e. The summed E-state index contributed by atoms with van der Waals surface area (Å²) in [6.45, 7) is 0.944. The first kappa shape index (κ1) is 18.2. The van der Waals surface area contributed by atoms with Crippen LogP contribution >= 0.6 is 23.2 Å². The Morgan fingerprint density at radius 2 is 2.00 bits per heavy atom. The molecule has 118 valence electrons. The number of carboxylic acids is 1. The molecule has 0 aliphatic heterocycles. The summed E-state index contributed by atoms with van der Waals surface area (Å²) in [5.41, 5.74) is -0.414. The van der Waals surface area contributed by atoms with E-state index in [0.29, 0.717) is 13.0 Å². The van der Waals surface area contributed by atoms with Crippen molar-refractivity contribution >= 4 is 39.2 Å². The zero-order chi connectivity index (χ0) is 16.2. The van der Waals surface area contributed by atoms with E-state index < -0.39 is 21.6 Å². The number of rotatable bonds is 7. The summed E-state index contributed by atoms with van der Waals surface area (Å²) >= 11 is 11.7. The van der Waals surface area contributed by atoms with E-state index in [2.05, 4.69) is 5.32 Å². The third-order valence-corrected chi connectivity index (χ3v) is 5.58. The van der Waals surface area contributed by atoms with Crippen LogP contribution in [0, 0.1) is 0 Å². The van der Waals surface area contributed by atoms with E-state index in [0.717, 1.165) is 4.31 Å². The first-order chi connectivity index (χ1) is 9.73. The Bertz CT molecular complexity index is 634. The number of benzene rings is 1. The van der Waals surface area contributed by atoms with E-state index in [1.807, 2.05) is 0 Å². The first-order valence-corrected chi connectivity index (χ1v) is 8.25. The molecule has 0 bridgehead atoms. The van der Waals surface area contributed by atoms with Gasteiger partial charge in [-0.15, -0.1) is 0 Å². The Morgan fingerprint density at radius 3 is 2.52 bits per heavy atom. The van der Waals surface area contributed by atoms with Crippen LogP contribution in [-0.2, 0) is 10.0 Å². The van der Waals surface area contributed by atoms with Gasteiger partial charge in [0, 0.05) is 13.6 Å². The third-order valence-electron chi connectivity index (χ3n) is 2.86. The molecule has 1 aromatic rings. The van der Waals surface area contributed by atoms with Gasteiger partial charge in [-0.3, -0.25) is 0 Å². The Kier molecular flexibility index (Phi) is 6.42. The number of carboxylic acid groups (broad SMARTS) is 1. The van der Waals surface area contributed by atoms with Crippen molar-refractivity contribution in [1.82, 2.24) is 9.62 Å². The fourth-order valence-electron chi connectivity index (χ4n) is 1.70. The number of aromatic carboxylic acids is 1. The van der Waals surface area contributed by atoms with Crippen LogP contribution in [0.5, 0.6) is 0 Å². The van der Waals surface area contributed by atoms with Gasteiger partial charge in [0.2, 0.25) is 10.0 Å². The lowest BCUT2D eigenvalue weighted by Crippen LogP contribution is -2.30. The summed E-state index contributed by atoms with van der Waals surface area (Å²) in [7, 11) is -0.691. The Hall–Kier alpha value is -0.860. The molecule has 0 saturated carbocycles. The summed E-state index contributed by atoms with van der Waals surface area (Å²) in [5.74, 6) is -1.38. The van der Waals surface area contributed by atoms with Crippen molar-refractivity contribution in [2.45, 2.75) is 11.3 Å². The molecule has 21 heavy (non-hydrogen) atoms. The van der Waals surface area contributed by atoms with Gasteiger partial charge >= 0.3 is 5.97 Å². The summed E-state index contributed by atoms with van der Waals surface area (Å²) in [6.07, 6.45) is 0.614. The summed E-state index contributed by atoms with van der Waals surface area (Å²) in [6, 6.07) is 2.42. The van der Waals surface area contributed by atoms with Gasteiger partial charge in [0.1, 0.15) is 4.90 Å². The topological polar surface area (TPSA) is 86.7 Å². The molecular weight excluding hydrogens is 339 g/mol. The lowest BCUT2D eigenvalue weighted by molar-refractivity contribution is 0.0697. The molecule has 0 aliphatic rings. The highest BCUT2D eigenvalue weighted by molar-refractivity contribution is 7.89. The molecule has 6 nitrogen and oxygen atoms in total. The van der Waals surface area contributed by atoms with E-state index in [4.69, 9.17) is 28.3 Å².